The summed E-state index contributed by atoms with van der Waals surface area (Å²) in [5.41, 5.74) is 1.31. The number of rotatable bonds is 5. The van der Waals surface area contributed by atoms with Gasteiger partial charge in [-0.15, -0.1) is 0 Å². The van der Waals surface area contributed by atoms with Crippen molar-refractivity contribution >= 4 is 5.91 Å². The second-order valence-corrected chi connectivity index (χ2v) is 5.25. The van der Waals surface area contributed by atoms with Crippen LogP contribution in [0.15, 0.2) is 18.5 Å². The molecule has 0 aliphatic heterocycles. The molecule has 0 radical (unpaired) electrons. The first-order chi connectivity index (χ1) is 7.90. The van der Waals surface area contributed by atoms with Gasteiger partial charge in [0, 0.05) is 31.0 Å². The molecule has 0 aromatic carbocycles. The van der Waals surface area contributed by atoms with Crippen molar-refractivity contribution in [3.05, 3.63) is 24.0 Å². The number of carbonyl (C=O) groups is 1. The summed E-state index contributed by atoms with van der Waals surface area (Å²) in [5, 5.41) is 6.20. The van der Waals surface area contributed by atoms with Crippen molar-refractivity contribution in [2.24, 2.45) is 0 Å². The highest BCUT2D eigenvalue weighted by molar-refractivity contribution is 5.75. The van der Waals surface area contributed by atoms with Gasteiger partial charge in [0.1, 0.15) is 6.54 Å². The van der Waals surface area contributed by atoms with Gasteiger partial charge in [-0.05, 0) is 39.3 Å². The smallest absolute Gasteiger partial charge is 0.239 e. The molecule has 1 aromatic rings. The van der Waals surface area contributed by atoms with Gasteiger partial charge < -0.3 is 15.2 Å². The van der Waals surface area contributed by atoms with E-state index in [-0.39, 0.29) is 11.4 Å². The van der Waals surface area contributed by atoms with Crippen LogP contribution in [-0.4, -0.2) is 22.6 Å². The van der Waals surface area contributed by atoms with Gasteiger partial charge in [0.2, 0.25) is 5.91 Å². The van der Waals surface area contributed by atoms with Crippen LogP contribution >= 0.6 is 0 Å². The van der Waals surface area contributed by atoms with Gasteiger partial charge in [-0.25, -0.2) is 0 Å². The van der Waals surface area contributed by atoms with Gasteiger partial charge in [-0.1, -0.05) is 0 Å². The monoisotopic (exact) mass is 237 g/mol. The number of hydrogen-bond acceptors (Lipinski definition) is 2. The molecular weight excluding hydrogens is 214 g/mol. The van der Waals surface area contributed by atoms with Crippen LogP contribution in [0.25, 0.3) is 0 Å². The van der Waals surface area contributed by atoms with Crippen LogP contribution in [-0.2, 0) is 17.9 Å². The van der Waals surface area contributed by atoms with Crippen LogP contribution in [0.5, 0.6) is 0 Å². The van der Waals surface area contributed by atoms with Crippen molar-refractivity contribution in [1.29, 1.82) is 0 Å². The molecule has 0 saturated heterocycles. The van der Waals surface area contributed by atoms with Crippen LogP contribution in [0.2, 0.25) is 0 Å². The fourth-order valence-electron chi connectivity index (χ4n) is 1.48. The zero-order chi connectivity index (χ0) is 12.9. The quantitative estimate of drug-likeness (QED) is 0.815. The average Bonchev–Trinajstić information content (AvgIpc) is 2.62. The van der Waals surface area contributed by atoms with Crippen LogP contribution in [0, 0.1) is 0 Å². The third kappa shape index (κ3) is 5.54. The Balaban J connectivity index is 2.45. The molecule has 0 atom stereocenters. The minimum atomic E-state index is 0.0541. The van der Waals surface area contributed by atoms with E-state index in [1.165, 1.54) is 5.56 Å². The minimum absolute atomic E-state index is 0.0541. The van der Waals surface area contributed by atoms with E-state index in [0.717, 1.165) is 6.54 Å². The lowest BCUT2D eigenvalue weighted by Gasteiger charge is -2.19. The predicted octanol–water partition coefficient (Wildman–Crippen LogP) is 1.51. The Kier molecular flexibility index (Phi) is 4.75. The van der Waals surface area contributed by atoms with Gasteiger partial charge in [-0.2, -0.15) is 0 Å². The van der Waals surface area contributed by atoms with Crippen molar-refractivity contribution in [2.45, 2.75) is 46.3 Å². The second kappa shape index (κ2) is 5.87. The lowest BCUT2D eigenvalue weighted by molar-refractivity contribution is -0.121. The summed E-state index contributed by atoms with van der Waals surface area (Å²) in [4.78, 5) is 11.4. The average molecular weight is 237 g/mol. The largest absolute Gasteiger partial charge is 0.355 e. The predicted molar refractivity (Wildman–Crippen MR) is 69.7 cm³/mol. The van der Waals surface area contributed by atoms with Crippen molar-refractivity contribution in [3.63, 3.8) is 0 Å². The first-order valence-electron chi connectivity index (χ1n) is 6.07. The third-order valence-electron chi connectivity index (χ3n) is 2.33. The van der Waals surface area contributed by atoms with Gasteiger partial charge in [-0.3, -0.25) is 4.79 Å². The molecule has 0 bridgehead atoms. The van der Waals surface area contributed by atoms with Gasteiger partial charge >= 0.3 is 0 Å². The fraction of sp³-hybridized carbons (Fsp3) is 0.615. The minimum Gasteiger partial charge on any atom is -0.355 e. The highest BCUT2D eigenvalue weighted by Crippen LogP contribution is 2.05. The second-order valence-electron chi connectivity index (χ2n) is 5.25. The Morgan fingerprint density at radius 1 is 1.41 bits per heavy atom. The maximum atomic E-state index is 11.4. The summed E-state index contributed by atoms with van der Waals surface area (Å²) >= 11 is 0. The summed E-state index contributed by atoms with van der Waals surface area (Å²) in [5.74, 6) is 0.0541. The Labute approximate surface area is 103 Å². The highest BCUT2D eigenvalue weighted by atomic mass is 16.1. The summed E-state index contributed by atoms with van der Waals surface area (Å²) in [6, 6.07) is 2.04. The standard InChI is InChI=1S/C13H23N3O/c1-5-14-12(17)10-16-7-6-11(9-16)8-15-13(2,3)4/h6-7,9,15H,5,8,10H2,1-4H3,(H,14,17). The van der Waals surface area contributed by atoms with Crippen molar-refractivity contribution in [3.8, 4) is 0 Å². The maximum Gasteiger partial charge on any atom is 0.239 e. The molecule has 1 amide bonds. The zero-order valence-electron chi connectivity index (χ0n) is 11.2. The maximum absolute atomic E-state index is 11.4. The summed E-state index contributed by atoms with van der Waals surface area (Å²) in [6.45, 7) is 10.2. The molecule has 0 fully saturated rings. The van der Waals surface area contributed by atoms with Crippen LogP contribution in [0.1, 0.15) is 33.3 Å². The number of nitrogens with zero attached hydrogens (tertiary/aromatic N) is 1. The fourth-order valence-corrected chi connectivity index (χ4v) is 1.48. The molecule has 1 rings (SSSR count). The number of nitrogens with one attached hydrogen (secondary N) is 2. The number of hydrogen-bond donors (Lipinski definition) is 2. The molecule has 0 saturated carbocycles. The molecule has 17 heavy (non-hydrogen) atoms. The highest BCUT2D eigenvalue weighted by Gasteiger charge is 2.09. The Bertz CT molecular complexity index is 363. The molecular formula is C13H23N3O. The van der Waals surface area contributed by atoms with E-state index in [4.69, 9.17) is 0 Å². The van der Waals surface area contributed by atoms with E-state index in [0.29, 0.717) is 13.1 Å². The topological polar surface area (TPSA) is 46.1 Å². The molecule has 2 N–H and O–H groups in total. The lowest BCUT2D eigenvalue weighted by atomic mass is 10.1. The number of carbonyl (C=O) groups excluding carboxylic acids is 1. The van der Waals surface area contributed by atoms with Crippen molar-refractivity contribution in [2.75, 3.05) is 6.54 Å². The molecule has 1 aromatic heterocycles. The Morgan fingerprint density at radius 2 is 2.12 bits per heavy atom. The Morgan fingerprint density at radius 3 is 2.71 bits per heavy atom. The summed E-state index contributed by atoms with van der Waals surface area (Å²) in [7, 11) is 0. The molecule has 0 aliphatic carbocycles. The number of amides is 1. The van der Waals surface area contributed by atoms with Crippen LogP contribution in [0.4, 0.5) is 0 Å². The van der Waals surface area contributed by atoms with Gasteiger partial charge in [0.05, 0.1) is 0 Å². The molecule has 0 spiro atoms. The number of aromatic nitrogens is 1. The molecule has 0 aliphatic rings. The summed E-state index contributed by atoms with van der Waals surface area (Å²) < 4.78 is 1.91. The first-order valence-corrected chi connectivity index (χ1v) is 6.07. The zero-order valence-corrected chi connectivity index (χ0v) is 11.2. The van der Waals surface area contributed by atoms with E-state index in [9.17, 15) is 4.79 Å². The van der Waals surface area contributed by atoms with Crippen molar-refractivity contribution < 1.29 is 4.79 Å². The third-order valence-corrected chi connectivity index (χ3v) is 2.33. The van der Waals surface area contributed by atoms with Crippen LogP contribution in [0.3, 0.4) is 0 Å². The van der Waals surface area contributed by atoms with E-state index in [2.05, 4.69) is 31.4 Å². The van der Waals surface area contributed by atoms with Gasteiger partial charge in [0.15, 0.2) is 0 Å². The summed E-state index contributed by atoms with van der Waals surface area (Å²) in [6.07, 6.45) is 3.95. The normalized spacial score (nSPS) is 11.5. The van der Waals surface area contributed by atoms with E-state index < -0.39 is 0 Å². The lowest BCUT2D eigenvalue weighted by Crippen LogP contribution is -2.34. The molecule has 4 nitrogen and oxygen atoms in total. The SMILES string of the molecule is CCNC(=O)Cn1ccc(CNC(C)(C)C)c1. The van der Waals surface area contributed by atoms with Crippen LogP contribution < -0.4 is 10.6 Å². The molecule has 1 heterocycles. The molecule has 96 valence electrons. The van der Waals surface area contributed by atoms with E-state index in [1.807, 2.05) is 30.0 Å². The van der Waals surface area contributed by atoms with E-state index >= 15 is 0 Å². The molecule has 0 unspecified atom stereocenters. The van der Waals surface area contributed by atoms with Crippen molar-refractivity contribution in [1.82, 2.24) is 15.2 Å². The van der Waals surface area contributed by atoms with E-state index in [1.54, 1.807) is 0 Å². The molecule has 4 heteroatoms. The number of likely N-dealkylation sites (N-methyl/N-ethyl adjacent to an activating group) is 1. The first kappa shape index (κ1) is 13.8. The van der Waals surface area contributed by atoms with Gasteiger partial charge in [0.25, 0.3) is 0 Å². The Hall–Kier alpha value is -1.29.